The SMILES string of the molecule is CC1CCCC(C)N1C(C)Cc1ccc(O)cc1. The average molecular weight is 247 g/mol. The van der Waals surface area contributed by atoms with Crippen molar-refractivity contribution >= 4 is 0 Å². The fraction of sp³-hybridized carbons (Fsp3) is 0.625. The van der Waals surface area contributed by atoms with Gasteiger partial charge in [-0.1, -0.05) is 18.6 Å². The van der Waals surface area contributed by atoms with E-state index in [-0.39, 0.29) is 0 Å². The maximum absolute atomic E-state index is 9.31. The van der Waals surface area contributed by atoms with Crippen LogP contribution in [0.2, 0.25) is 0 Å². The number of phenolic OH excluding ortho intramolecular Hbond substituents is 1. The molecule has 3 unspecified atom stereocenters. The van der Waals surface area contributed by atoms with E-state index in [1.807, 2.05) is 12.1 Å². The smallest absolute Gasteiger partial charge is 0.115 e. The van der Waals surface area contributed by atoms with Crippen molar-refractivity contribution in [1.82, 2.24) is 4.90 Å². The maximum atomic E-state index is 9.31. The van der Waals surface area contributed by atoms with E-state index in [0.29, 0.717) is 23.9 Å². The first-order valence-electron chi connectivity index (χ1n) is 7.13. The Kier molecular flexibility index (Phi) is 4.28. The highest BCUT2D eigenvalue weighted by molar-refractivity contribution is 5.26. The third-order valence-electron chi connectivity index (χ3n) is 4.24. The number of hydrogen-bond acceptors (Lipinski definition) is 2. The second-order valence-electron chi connectivity index (χ2n) is 5.80. The van der Waals surface area contributed by atoms with Gasteiger partial charge < -0.3 is 5.11 Å². The molecule has 1 N–H and O–H groups in total. The minimum Gasteiger partial charge on any atom is -0.508 e. The molecule has 2 rings (SSSR count). The van der Waals surface area contributed by atoms with E-state index in [0.717, 1.165) is 6.42 Å². The van der Waals surface area contributed by atoms with Gasteiger partial charge in [-0.15, -0.1) is 0 Å². The lowest BCUT2D eigenvalue weighted by atomic mass is 9.93. The molecule has 1 saturated heterocycles. The first-order chi connectivity index (χ1) is 8.58. The molecule has 1 aliphatic rings. The van der Waals surface area contributed by atoms with E-state index in [1.165, 1.54) is 24.8 Å². The van der Waals surface area contributed by atoms with Gasteiger partial charge in [0.1, 0.15) is 5.75 Å². The van der Waals surface area contributed by atoms with Gasteiger partial charge in [-0.3, -0.25) is 4.90 Å². The van der Waals surface area contributed by atoms with E-state index in [2.05, 4.69) is 25.7 Å². The Labute approximate surface area is 111 Å². The second-order valence-corrected chi connectivity index (χ2v) is 5.80. The highest BCUT2D eigenvalue weighted by atomic mass is 16.3. The Morgan fingerprint density at radius 2 is 1.72 bits per heavy atom. The predicted octanol–water partition coefficient (Wildman–Crippen LogP) is 3.59. The number of aromatic hydroxyl groups is 1. The minimum atomic E-state index is 0.353. The lowest BCUT2D eigenvalue weighted by Gasteiger charge is -2.43. The first-order valence-corrected chi connectivity index (χ1v) is 7.13. The maximum Gasteiger partial charge on any atom is 0.115 e. The van der Waals surface area contributed by atoms with Gasteiger partial charge in [-0.25, -0.2) is 0 Å². The second kappa shape index (κ2) is 5.75. The van der Waals surface area contributed by atoms with Crippen LogP contribution in [0.15, 0.2) is 24.3 Å². The number of rotatable bonds is 3. The molecule has 1 aliphatic heterocycles. The summed E-state index contributed by atoms with van der Waals surface area (Å²) in [6.45, 7) is 7.02. The minimum absolute atomic E-state index is 0.353. The molecule has 0 aromatic heterocycles. The standard InChI is InChI=1S/C16H25NO/c1-12-5-4-6-13(2)17(12)14(3)11-15-7-9-16(18)10-8-15/h7-10,12-14,18H,4-6,11H2,1-3H3. The van der Waals surface area contributed by atoms with Crippen LogP contribution < -0.4 is 0 Å². The number of hydrogen-bond donors (Lipinski definition) is 1. The van der Waals surface area contributed by atoms with Crippen molar-refractivity contribution in [3.8, 4) is 5.75 Å². The highest BCUT2D eigenvalue weighted by Crippen LogP contribution is 2.26. The van der Waals surface area contributed by atoms with Crippen LogP contribution in [-0.4, -0.2) is 28.1 Å². The number of phenols is 1. The molecular weight excluding hydrogens is 222 g/mol. The summed E-state index contributed by atoms with van der Waals surface area (Å²) in [5.41, 5.74) is 1.31. The zero-order valence-electron chi connectivity index (χ0n) is 11.8. The van der Waals surface area contributed by atoms with Crippen LogP contribution in [0.5, 0.6) is 5.75 Å². The fourth-order valence-corrected chi connectivity index (χ4v) is 3.39. The summed E-state index contributed by atoms with van der Waals surface area (Å²) in [5, 5.41) is 9.31. The van der Waals surface area contributed by atoms with E-state index >= 15 is 0 Å². The van der Waals surface area contributed by atoms with Gasteiger partial charge in [-0.05, 0) is 57.7 Å². The van der Waals surface area contributed by atoms with Crippen molar-refractivity contribution < 1.29 is 5.11 Å². The summed E-state index contributed by atoms with van der Waals surface area (Å²) < 4.78 is 0. The Balaban J connectivity index is 2.01. The number of nitrogens with zero attached hydrogens (tertiary/aromatic N) is 1. The topological polar surface area (TPSA) is 23.5 Å². The summed E-state index contributed by atoms with van der Waals surface area (Å²) in [4.78, 5) is 2.66. The lowest BCUT2D eigenvalue weighted by molar-refractivity contribution is 0.0628. The molecule has 0 saturated carbocycles. The molecular formula is C16H25NO. The quantitative estimate of drug-likeness (QED) is 0.882. The predicted molar refractivity (Wildman–Crippen MR) is 75.9 cm³/mol. The van der Waals surface area contributed by atoms with Gasteiger partial charge in [-0.2, -0.15) is 0 Å². The third-order valence-corrected chi connectivity index (χ3v) is 4.24. The van der Waals surface area contributed by atoms with Crippen molar-refractivity contribution in [3.63, 3.8) is 0 Å². The summed E-state index contributed by atoms with van der Waals surface area (Å²) >= 11 is 0. The van der Waals surface area contributed by atoms with Gasteiger partial charge in [0.15, 0.2) is 0 Å². The van der Waals surface area contributed by atoms with Gasteiger partial charge in [0.2, 0.25) is 0 Å². The molecule has 3 atom stereocenters. The van der Waals surface area contributed by atoms with Crippen molar-refractivity contribution in [2.45, 2.75) is 64.6 Å². The molecule has 0 bridgehead atoms. The Bertz CT molecular complexity index is 363. The summed E-state index contributed by atoms with van der Waals surface area (Å²) in [5.74, 6) is 0.353. The summed E-state index contributed by atoms with van der Waals surface area (Å²) in [7, 11) is 0. The zero-order chi connectivity index (χ0) is 13.1. The molecule has 0 spiro atoms. The molecule has 100 valence electrons. The van der Waals surface area contributed by atoms with Crippen LogP contribution in [-0.2, 0) is 6.42 Å². The molecule has 1 aromatic carbocycles. The van der Waals surface area contributed by atoms with E-state index in [9.17, 15) is 5.11 Å². The molecule has 1 heterocycles. The van der Waals surface area contributed by atoms with Crippen LogP contribution in [0.1, 0.15) is 45.6 Å². The normalized spacial score (nSPS) is 27.1. The van der Waals surface area contributed by atoms with Crippen molar-refractivity contribution in [3.05, 3.63) is 29.8 Å². The average Bonchev–Trinajstić information content (AvgIpc) is 2.32. The van der Waals surface area contributed by atoms with Crippen molar-refractivity contribution in [2.75, 3.05) is 0 Å². The monoisotopic (exact) mass is 247 g/mol. The number of benzene rings is 1. The lowest BCUT2D eigenvalue weighted by Crippen LogP contribution is -2.49. The van der Waals surface area contributed by atoms with E-state index in [1.54, 1.807) is 12.1 Å². The van der Waals surface area contributed by atoms with E-state index < -0.39 is 0 Å². The molecule has 0 amide bonds. The summed E-state index contributed by atoms with van der Waals surface area (Å²) in [6, 6.07) is 9.59. The fourth-order valence-electron chi connectivity index (χ4n) is 3.39. The van der Waals surface area contributed by atoms with Crippen LogP contribution in [0.4, 0.5) is 0 Å². The van der Waals surface area contributed by atoms with Gasteiger partial charge >= 0.3 is 0 Å². The Morgan fingerprint density at radius 1 is 1.17 bits per heavy atom. The molecule has 2 nitrogen and oxygen atoms in total. The molecule has 2 heteroatoms. The van der Waals surface area contributed by atoms with Crippen LogP contribution in [0.3, 0.4) is 0 Å². The molecule has 1 fully saturated rings. The molecule has 0 aliphatic carbocycles. The van der Waals surface area contributed by atoms with E-state index in [4.69, 9.17) is 0 Å². The Hall–Kier alpha value is -1.02. The number of likely N-dealkylation sites (tertiary alicyclic amines) is 1. The summed E-state index contributed by atoms with van der Waals surface area (Å²) in [6.07, 6.45) is 5.08. The van der Waals surface area contributed by atoms with Crippen LogP contribution in [0.25, 0.3) is 0 Å². The van der Waals surface area contributed by atoms with Gasteiger partial charge in [0.05, 0.1) is 0 Å². The van der Waals surface area contributed by atoms with Crippen LogP contribution in [0, 0.1) is 0 Å². The molecule has 1 aromatic rings. The number of piperidine rings is 1. The molecule has 18 heavy (non-hydrogen) atoms. The third kappa shape index (κ3) is 3.05. The Morgan fingerprint density at radius 3 is 2.28 bits per heavy atom. The zero-order valence-corrected chi connectivity index (χ0v) is 11.8. The van der Waals surface area contributed by atoms with Crippen molar-refractivity contribution in [2.24, 2.45) is 0 Å². The van der Waals surface area contributed by atoms with Crippen LogP contribution >= 0.6 is 0 Å². The largest absolute Gasteiger partial charge is 0.508 e. The molecule has 0 radical (unpaired) electrons. The first kappa shape index (κ1) is 13.4. The van der Waals surface area contributed by atoms with Gasteiger partial charge in [0, 0.05) is 18.1 Å². The highest BCUT2D eigenvalue weighted by Gasteiger charge is 2.28. The van der Waals surface area contributed by atoms with Crippen molar-refractivity contribution in [1.29, 1.82) is 0 Å². The van der Waals surface area contributed by atoms with Gasteiger partial charge in [0.25, 0.3) is 0 Å².